The Morgan fingerprint density at radius 3 is 2.58 bits per heavy atom. The maximum Gasteiger partial charge on any atom is 0.416 e. The number of para-hydroxylation sites is 1. The maximum absolute atomic E-state index is 12.9. The second kappa shape index (κ2) is 7.46. The quantitative estimate of drug-likeness (QED) is 0.759. The molecule has 1 amide bonds. The van der Waals surface area contributed by atoms with Gasteiger partial charge in [-0.3, -0.25) is 9.69 Å². The summed E-state index contributed by atoms with van der Waals surface area (Å²) in [6, 6.07) is 13.6. The van der Waals surface area contributed by atoms with Gasteiger partial charge in [0.05, 0.1) is 17.0 Å². The van der Waals surface area contributed by atoms with Crippen LogP contribution in [0, 0.1) is 0 Å². The summed E-state index contributed by atoms with van der Waals surface area (Å²) < 4.78 is 38.8. The van der Waals surface area contributed by atoms with Crippen LogP contribution in [-0.2, 0) is 11.0 Å². The van der Waals surface area contributed by atoms with Crippen LogP contribution < -0.4 is 10.2 Å². The van der Waals surface area contributed by atoms with Gasteiger partial charge in [0.1, 0.15) is 0 Å². The molecule has 9 heteroatoms. The predicted molar refractivity (Wildman–Crippen MR) is 101 cm³/mol. The van der Waals surface area contributed by atoms with E-state index in [2.05, 4.69) is 10.3 Å². The van der Waals surface area contributed by atoms with Crippen molar-refractivity contribution in [3.63, 3.8) is 0 Å². The predicted octanol–water partition coefficient (Wildman–Crippen LogP) is 4.54. The highest BCUT2D eigenvalue weighted by atomic mass is 32.2. The van der Waals surface area contributed by atoms with Gasteiger partial charge in [-0.15, -0.1) is 0 Å². The molecule has 0 spiro atoms. The van der Waals surface area contributed by atoms with E-state index < -0.39 is 11.7 Å². The molecule has 4 nitrogen and oxygen atoms in total. The summed E-state index contributed by atoms with van der Waals surface area (Å²) in [5, 5.41) is 3.26. The van der Waals surface area contributed by atoms with Crippen LogP contribution in [0.1, 0.15) is 5.56 Å². The van der Waals surface area contributed by atoms with Crippen molar-refractivity contribution in [1.82, 2.24) is 0 Å². The Bertz CT molecular complexity index is 869. The summed E-state index contributed by atoms with van der Waals surface area (Å²) in [5.74, 6) is -0.265. The highest BCUT2D eigenvalue weighted by Crippen LogP contribution is 2.34. The number of carbonyl (C=O) groups is 1. The number of nitrogens with zero attached hydrogens (tertiary/aromatic N) is 2. The number of benzene rings is 2. The lowest BCUT2D eigenvalue weighted by Gasteiger charge is -2.18. The average Bonchev–Trinajstić information content (AvgIpc) is 2.95. The standard InChI is InChI=1S/C17H12F3N3OS2/c18-17(19,20)11-5-4-8-13(9-11)23-14(24)10-26-16(23)22-15(25)21-12-6-2-1-3-7-12/h1-9H,10H2,(H,21,25)/b22-16-. The lowest BCUT2D eigenvalue weighted by molar-refractivity contribution is -0.137. The van der Waals surface area contributed by atoms with E-state index in [1.807, 2.05) is 18.2 Å². The Labute approximate surface area is 157 Å². The molecule has 1 aliphatic heterocycles. The Morgan fingerprint density at radius 1 is 1.15 bits per heavy atom. The zero-order chi connectivity index (χ0) is 18.7. The molecule has 1 saturated heterocycles. The lowest BCUT2D eigenvalue weighted by atomic mass is 10.2. The van der Waals surface area contributed by atoms with Crippen molar-refractivity contribution in [2.24, 2.45) is 4.99 Å². The molecule has 2 aromatic carbocycles. The van der Waals surface area contributed by atoms with Gasteiger partial charge in [0.2, 0.25) is 5.91 Å². The number of nitrogens with one attached hydrogen (secondary N) is 1. The van der Waals surface area contributed by atoms with Gasteiger partial charge in [-0.2, -0.15) is 18.2 Å². The first kappa shape index (κ1) is 18.4. The molecule has 26 heavy (non-hydrogen) atoms. The lowest BCUT2D eigenvalue weighted by Crippen LogP contribution is -2.30. The van der Waals surface area contributed by atoms with Crippen LogP contribution in [0.2, 0.25) is 0 Å². The molecule has 0 radical (unpaired) electrons. The van der Waals surface area contributed by atoms with Crippen molar-refractivity contribution in [2.45, 2.75) is 6.18 Å². The Morgan fingerprint density at radius 2 is 1.88 bits per heavy atom. The Hall–Kier alpha value is -2.39. The third kappa shape index (κ3) is 4.23. The molecule has 0 unspecified atom stereocenters. The number of amides is 1. The second-order valence-electron chi connectivity index (χ2n) is 5.26. The fraction of sp³-hybridized carbons (Fsp3) is 0.118. The summed E-state index contributed by atoms with van der Waals surface area (Å²) in [4.78, 5) is 17.5. The minimum Gasteiger partial charge on any atom is -0.331 e. The smallest absolute Gasteiger partial charge is 0.331 e. The molecule has 1 heterocycles. The fourth-order valence-corrected chi connectivity index (χ4v) is 3.42. The zero-order valence-electron chi connectivity index (χ0n) is 13.2. The van der Waals surface area contributed by atoms with Crippen molar-refractivity contribution in [3.8, 4) is 0 Å². The topological polar surface area (TPSA) is 44.7 Å². The van der Waals surface area contributed by atoms with E-state index in [1.54, 1.807) is 12.1 Å². The Kier molecular flexibility index (Phi) is 5.28. The van der Waals surface area contributed by atoms with E-state index in [4.69, 9.17) is 12.2 Å². The van der Waals surface area contributed by atoms with E-state index in [9.17, 15) is 18.0 Å². The molecule has 1 N–H and O–H groups in total. The van der Waals surface area contributed by atoms with Gasteiger partial charge in [-0.1, -0.05) is 36.0 Å². The highest BCUT2D eigenvalue weighted by molar-refractivity contribution is 8.15. The van der Waals surface area contributed by atoms with Gasteiger partial charge in [0, 0.05) is 5.69 Å². The number of alkyl halides is 3. The highest BCUT2D eigenvalue weighted by Gasteiger charge is 2.34. The molecule has 1 fully saturated rings. The molecule has 0 atom stereocenters. The molecule has 3 rings (SSSR count). The number of aliphatic imine (C=N–C) groups is 1. The van der Waals surface area contributed by atoms with Crippen LogP contribution in [0.5, 0.6) is 0 Å². The summed E-state index contributed by atoms with van der Waals surface area (Å²) >= 11 is 6.29. The van der Waals surface area contributed by atoms with Crippen molar-refractivity contribution in [3.05, 3.63) is 60.2 Å². The molecule has 2 aromatic rings. The van der Waals surface area contributed by atoms with Gasteiger partial charge in [-0.25, -0.2) is 0 Å². The minimum atomic E-state index is -4.49. The van der Waals surface area contributed by atoms with Crippen LogP contribution in [0.15, 0.2) is 59.6 Å². The molecule has 1 aliphatic rings. The van der Waals surface area contributed by atoms with Gasteiger partial charge in [-0.05, 0) is 42.5 Å². The minimum absolute atomic E-state index is 0.0863. The van der Waals surface area contributed by atoms with Gasteiger partial charge in [0.15, 0.2) is 10.3 Å². The van der Waals surface area contributed by atoms with E-state index in [0.29, 0.717) is 0 Å². The number of hydrogen-bond donors (Lipinski definition) is 1. The first-order chi connectivity index (χ1) is 12.3. The number of amidine groups is 1. The average molecular weight is 395 g/mol. The number of carbonyl (C=O) groups excluding carboxylic acids is 1. The first-order valence-electron chi connectivity index (χ1n) is 7.42. The van der Waals surface area contributed by atoms with Crippen LogP contribution in [0.4, 0.5) is 24.5 Å². The fourth-order valence-electron chi connectivity index (χ4n) is 2.28. The van der Waals surface area contributed by atoms with Crippen LogP contribution in [0.3, 0.4) is 0 Å². The van der Waals surface area contributed by atoms with Gasteiger partial charge < -0.3 is 5.32 Å². The van der Waals surface area contributed by atoms with Crippen molar-refractivity contribution >= 4 is 51.5 Å². The molecular formula is C17H12F3N3OS2. The summed E-state index contributed by atoms with van der Waals surface area (Å²) in [6.45, 7) is 0. The number of thiocarbonyl (C=S) groups is 1. The third-order valence-corrected chi connectivity index (χ3v) is 4.54. The number of thioether (sulfide) groups is 1. The maximum atomic E-state index is 12.9. The molecular weight excluding hydrogens is 383 g/mol. The van der Waals surface area contributed by atoms with Gasteiger partial charge in [0.25, 0.3) is 0 Å². The SMILES string of the molecule is O=C1CS/C(=N\C(=S)Nc2ccccc2)N1c1cccc(C(F)(F)F)c1. The van der Waals surface area contributed by atoms with E-state index in [1.165, 1.54) is 12.1 Å². The second-order valence-corrected chi connectivity index (χ2v) is 6.59. The summed E-state index contributed by atoms with van der Waals surface area (Å²) in [5.41, 5.74) is 0.00177. The van der Waals surface area contributed by atoms with E-state index >= 15 is 0 Å². The number of hydrogen-bond acceptors (Lipinski definition) is 3. The number of rotatable bonds is 2. The summed E-state index contributed by atoms with van der Waals surface area (Å²) in [6.07, 6.45) is -4.49. The van der Waals surface area contributed by atoms with Crippen LogP contribution >= 0.6 is 24.0 Å². The number of halogens is 3. The van der Waals surface area contributed by atoms with E-state index in [0.717, 1.165) is 34.5 Å². The van der Waals surface area contributed by atoms with Crippen molar-refractivity contribution in [2.75, 3.05) is 16.0 Å². The third-order valence-electron chi connectivity index (χ3n) is 3.42. The zero-order valence-corrected chi connectivity index (χ0v) is 14.8. The monoisotopic (exact) mass is 395 g/mol. The Balaban J connectivity index is 1.86. The molecule has 0 aromatic heterocycles. The number of anilines is 2. The summed E-state index contributed by atoms with van der Waals surface area (Å²) in [7, 11) is 0. The molecule has 0 bridgehead atoms. The molecule has 134 valence electrons. The first-order valence-corrected chi connectivity index (χ1v) is 8.82. The van der Waals surface area contributed by atoms with Crippen LogP contribution in [-0.4, -0.2) is 21.9 Å². The molecule has 0 aliphatic carbocycles. The van der Waals surface area contributed by atoms with Crippen LogP contribution in [0.25, 0.3) is 0 Å². The van der Waals surface area contributed by atoms with Gasteiger partial charge >= 0.3 is 6.18 Å². The van der Waals surface area contributed by atoms with Crippen molar-refractivity contribution < 1.29 is 18.0 Å². The van der Waals surface area contributed by atoms with E-state index in [-0.39, 0.29) is 27.6 Å². The van der Waals surface area contributed by atoms with Crippen molar-refractivity contribution in [1.29, 1.82) is 0 Å². The normalized spacial score (nSPS) is 16.2. The molecule has 0 saturated carbocycles. The largest absolute Gasteiger partial charge is 0.416 e.